The molecule has 1 N–H and O–H groups in total. The zero-order valence-corrected chi connectivity index (χ0v) is 22.2. The first kappa shape index (κ1) is 25.1. The Hall–Kier alpha value is -2.55. The maximum absolute atomic E-state index is 13.2. The van der Waals surface area contributed by atoms with Gasteiger partial charge in [-0.15, -0.1) is 0 Å². The fourth-order valence-corrected chi connectivity index (χ4v) is 6.79. The van der Waals surface area contributed by atoms with Crippen LogP contribution in [0.4, 0.5) is 5.82 Å². The molecule has 8 heteroatoms. The van der Waals surface area contributed by atoms with Crippen LogP contribution in [-0.4, -0.2) is 59.8 Å². The Bertz CT molecular complexity index is 1280. The summed E-state index contributed by atoms with van der Waals surface area (Å²) in [5.41, 5.74) is 2.09. The van der Waals surface area contributed by atoms with Crippen molar-refractivity contribution in [3.05, 3.63) is 59.9 Å². The van der Waals surface area contributed by atoms with Gasteiger partial charge >= 0.3 is 0 Å². The van der Waals surface area contributed by atoms with Crippen molar-refractivity contribution in [3.63, 3.8) is 0 Å². The van der Waals surface area contributed by atoms with Crippen LogP contribution in [0, 0.1) is 0 Å². The van der Waals surface area contributed by atoms with E-state index in [4.69, 9.17) is 9.97 Å². The summed E-state index contributed by atoms with van der Waals surface area (Å²) in [6.45, 7) is 6.41. The van der Waals surface area contributed by atoms with Crippen molar-refractivity contribution in [1.82, 2.24) is 19.2 Å². The molecule has 0 bridgehead atoms. The number of aryl methyl sites for hydroxylation is 1. The largest absolute Gasteiger partial charge is 0.367 e. The summed E-state index contributed by atoms with van der Waals surface area (Å²) in [6.07, 6.45) is 7.10. The third-order valence-electron chi connectivity index (χ3n) is 7.73. The molecule has 2 fully saturated rings. The molecule has 1 saturated heterocycles. The molecule has 7 nitrogen and oxygen atoms in total. The minimum absolute atomic E-state index is 0.00444. The average Bonchev–Trinajstić information content (AvgIpc) is 2.93. The van der Waals surface area contributed by atoms with Gasteiger partial charge in [0.05, 0.1) is 16.5 Å². The number of hydrogen-bond donors (Lipinski definition) is 1. The SMILES string of the molecule is CCc1ccc(S(=O)(=O)N2CCN([C@H](C)c3nc(NC4CCCCC4)c4ccccc4n3)CC2)cc1. The van der Waals surface area contributed by atoms with E-state index in [9.17, 15) is 8.42 Å². The van der Waals surface area contributed by atoms with Gasteiger partial charge in [0.25, 0.3) is 0 Å². The highest BCUT2D eigenvalue weighted by molar-refractivity contribution is 7.89. The van der Waals surface area contributed by atoms with Gasteiger partial charge in [0.1, 0.15) is 11.6 Å². The van der Waals surface area contributed by atoms with Crippen molar-refractivity contribution >= 4 is 26.7 Å². The summed E-state index contributed by atoms with van der Waals surface area (Å²) in [5.74, 6) is 1.71. The van der Waals surface area contributed by atoms with Gasteiger partial charge in [-0.1, -0.05) is 50.5 Å². The van der Waals surface area contributed by atoms with Crippen LogP contribution in [0.1, 0.15) is 63.4 Å². The van der Waals surface area contributed by atoms with E-state index < -0.39 is 10.0 Å². The quantitative estimate of drug-likeness (QED) is 0.485. The monoisotopic (exact) mass is 507 g/mol. The summed E-state index contributed by atoms with van der Waals surface area (Å²) >= 11 is 0. The third-order valence-corrected chi connectivity index (χ3v) is 9.64. The van der Waals surface area contributed by atoms with Crippen LogP contribution >= 0.6 is 0 Å². The Morgan fingerprint density at radius 2 is 1.64 bits per heavy atom. The summed E-state index contributed by atoms with van der Waals surface area (Å²) in [6, 6.07) is 15.9. The zero-order chi connectivity index (χ0) is 25.1. The molecule has 36 heavy (non-hydrogen) atoms. The van der Waals surface area contributed by atoms with Crippen molar-refractivity contribution in [1.29, 1.82) is 0 Å². The predicted octanol–water partition coefficient (Wildman–Crippen LogP) is 5.00. The van der Waals surface area contributed by atoms with Crippen molar-refractivity contribution in [3.8, 4) is 0 Å². The molecule has 5 rings (SSSR count). The van der Waals surface area contributed by atoms with Crippen LogP contribution < -0.4 is 5.32 Å². The van der Waals surface area contributed by atoms with Gasteiger partial charge in [0.15, 0.2) is 0 Å². The smallest absolute Gasteiger partial charge is 0.243 e. The lowest BCUT2D eigenvalue weighted by Gasteiger charge is -2.37. The average molecular weight is 508 g/mol. The molecular formula is C28H37N5O2S. The van der Waals surface area contributed by atoms with Gasteiger partial charge in [-0.05, 0) is 56.0 Å². The first-order valence-electron chi connectivity index (χ1n) is 13.3. The predicted molar refractivity (Wildman–Crippen MR) is 145 cm³/mol. The second-order valence-electron chi connectivity index (χ2n) is 10.0. The Kier molecular flexibility index (Phi) is 7.55. The maximum atomic E-state index is 13.2. The van der Waals surface area contributed by atoms with Gasteiger partial charge in [-0.2, -0.15) is 4.31 Å². The molecule has 0 spiro atoms. The lowest BCUT2D eigenvalue weighted by Crippen LogP contribution is -2.49. The number of fused-ring (bicyclic) bond motifs is 1. The van der Waals surface area contributed by atoms with Gasteiger partial charge in [0, 0.05) is 37.6 Å². The van der Waals surface area contributed by atoms with E-state index in [-0.39, 0.29) is 6.04 Å². The van der Waals surface area contributed by atoms with E-state index >= 15 is 0 Å². The number of rotatable bonds is 7. The van der Waals surface area contributed by atoms with E-state index in [1.807, 2.05) is 30.3 Å². The van der Waals surface area contributed by atoms with E-state index in [0.29, 0.717) is 37.1 Å². The second-order valence-corrected chi connectivity index (χ2v) is 12.0. The van der Waals surface area contributed by atoms with Gasteiger partial charge in [-0.3, -0.25) is 4.90 Å². The summed E-state index contributed by atoms with van der Waals surface area (Å²) in [5, 5.41) is 4.78. The number of nitrogens with zero attached hydrogens (tertiary/aromatic N) is 4. The van der Waals surface area contributed by atoms with Crippen LogP contribution in [-0.2, 0) is 16.4 Å². The second kappa shape index (κ2) is 10.8. The summed E-state index contributed by atoms with van der Waals surface area (Å²) < 4.78 is 28.0. The Labute approximate surface area is 215 Å². The van der Waals surface area contributed by atoms with Crippen molar-refractivity contribution in [2.45, 2.75) is 69.4 Å². The molecule has 0 unspecified atom stereocenters. The molecule has 1 atom stereocenters. The Balaban J connectivity index is 1.31. The molecule has 1 aromatic heterocycles. The molecule has 0 amide bonds. The molecule has 1 aliphatic carbocycles. The van der Waals surface area contributed by atoms with Gasteiger partial charge in [-0.25, -0.2) is 18.4 Å². The number of sulfonamides is 1. The van der Waals surface area contributed by atoms with Crippen molar-refractivity contribution in [2.75, 3.05) is 31.5 Å². The van der Waals surface area contributed by atoms with Gasteiger partial charge < -0.3 is 5.32 Å². The minimum atomic E-state index is -3.49. The molecule has 2 heterocycles. The first-order chi connectivity index (χ1) is 17.5. The van der Waals surface area contributed by atoms with E-state index in [0.717, 1.165) is 34.5 Å². The van der Waals surface area contributed by atoms with Crippen LogP contribution in [0.15, 0.2) is 53.4 Å². The molecule has 3 aromatic rings. The van der Waals surface area contributed by atoms with Crippen molar-refractivity contribution in [2.24, 2.45) is 0 Å². The van der Waals surface area contributed by atoms with Crippen LogP contribution in [0.5, 0.6) is 0 Å². The van der Waals surface area contributed by atoms with Crippen LogP contribution in [0.3, 0.4) is 0 Å². The third kappa shape index (κ3) is 5.26. The Morgan fingerprint density at radius 3 is 2.33 bits per heavy atom. The van der Waals surface area contributed by atoms with E-state index in [1.54, 1.807) is 16.4 Å². The lowest BCUT2D eigenvalue weighted by atomic mass is 9.95. The molecule has 2 aliphatic rings. The number of nitrogens with one attached hydrogen (secondary N) is 1. The fourth-order valence-electron chi connectivity index (χ4n) is 5.37. The first-order valence-corrected chi connectivity index (χ1v) is 14.8. The molecule has 0 radical (unpaired) electrons. The van der Waals surface area contributed by atoms with E-state index in [2.05, 4.69) is 30.1 Å². The number of anilines is 1. The lowest BCUT2D eigenvalue weighted by molar-refractivity contribution is 0.141. The van der Waals surface area contributed by atoms with Gasteiger partial charge in [0.2, 0.25) is 10.0 Å². The maximum Gasteiger partial charge on any atom is 0.243 e. The standard InChI is InChI=1S/C28H37N5O2S/c1-3-22-13-15-24(16-14-22)36(34,35)33-19-17-32(18-20-33)21(2)27-30-26-12-8-7-11-25(26)28(31-27)29-23-9-5-4-6-10-23/h7-8,11-16,21,23H,3-6,9-10,17-20H2,1-2H3,(H,29,30,31)/t21-/m1/s1. The topological polar surface area (TPSA) is 78.4 Å². The Morgan fingerprint density at radius 1 is 0.944 bits per heavy atom. The summed E-state index contributed by atoms with van der Waals surface area (Å²) in [4.78, 5) is 12.6. The van der Waals surface area contributed by atoms with E-state index in [1.165, 1.54) is 32.1 Å². The highest BCUT2D eigenvalue weighted by Crippen LogP contribution is 2.29. The van der Waals surface area contributed by atoms with Crippen molar-refractivity contribution < 1.29 is 8.42 Å². The zero-order valence-electron chi connectivity index (χ0n) is 21.4. The highest BCUT2D eigenvalue weighted by atomic mass is 32.2. The molecule has 1 saturated carbocycles. The van der Waals surface area contributed by atoms with Crippen LogP contribution in [0.2, 0.25) is 0 Å². The number of para-hydroxylation sites is 1. The minimum Gasteiger partial charge on any atom is -0.367 e. The normalized spacial score (nSPS) is 19.4. The molecule has 1 aliphatic heterocycles. The number of piperazine rings is 1. The fraction of sp³-hybridized carbons (Fsp3) is 0.500. The number of aromatic nitrogens is 2. The molecule has 192 valence electrons. The summed E-state index contributed by atoms with van der Waals surface area (Å²) in [7, 11) is -3.49. The number of hydrogen-bond acceptors (Lipinski definition) is 6. The molecular weight excluding hydrogens is 470 g/mol. The molecule has 2 aromatic carbocycles. The number of benzene rings is 2. The van der Waals surface area contributed by atoms with Crippen LogP contribution in [0.25, 0.3) is 10.9 Å². The highest BCUT2D eigenvalue weighted by Gasteiger charge is 2.31.